The van der Waals surface area contributed by atoms with Crippen LogP contribution >= 0.6 is 0 Å². The first kappa shape index (κ1) is 20.5. The maximum atomic E-state index is 12.6. The summed E-state index contributed by atoms with van der Waals surface area (Å²) in [5.41, 5.74) is 4.46. The van der Waals surface area contributed by atoms with Gasteiger partial charge in [-0.25, -0.2) is 0 Å². The molecule has 1 aromatic heterocycles. The molecule has 0 unspecified atom stereocenters. The Hall–Kier alpha value is -3.28. The van der Waals surface area contributed by atoms with Crippen LogP contribution in [0.15, 0.2) is 41.2 Å². The number of carbonyl (C=O) groups is 1. The van der Waals surface area contributed by atoms with Crippen LogP contribution in [0.25, 0.3) is 10.9 Å². The highest BCUT2D eigenvalue weighted by molar-refractivity contribution is 5.92. The molecule has 0 aliphatic carbocycles. The summed E-state index contributed by atoms with van der Waals surface area (Å²) in [5.74, 6) is 0.962. The van der Waals surface area contributed by atoms with E-state index in [4.69, 9.17) is 9.47 Å². The molecular formula is C23H26N2O4. The molecular weight excluding hydrogens is 368 g/mol. The van der Waals surface area contributed by atoms with Crippen molar-refractivity contribution < 1.29 is 14.3 Å². The van der Waals surface area contributed by atoms with Crippen molar-refractivity contribution in [3.8, 4) is 11.5 Å². The lowest BCUT2D eigenvalue weighted by molar-refractivity contribution is -0.116. The molecule has 0 fully saturated rings. The maximum Gasteiger partial charge on any atom is 0.251 e. The minimum Gasteiger partial charge on any atom is -0.497 e. The monoisotopic (exact) mass is 394 g/mol. The van der Waals surface area contributed by atoms with Gasteiger partial charge < -0.3 is 19.4 Å². The molecule has 0 saturated heterocycles. The summed E-state index contributed by atoms with van der Waals surface area (Å²) in [4.78, 5) is 25.2. The third-order valence-corrected chi connectivity index (χ3v) is 4.99. The van der Waals surface area contributed by atoms with E-state index in [0.717, 1.165) is 27.6 Å². The second kappa shape index (κ2) is 8.39. The second-order valence-corrected chi connectivity index (χ2v) is 7.16. The standard InChI is InChI=1S/C23H26N2O4/c1-14-10-16(3)23-18(11-14)15(2)12-22(27)25(23)9-8-21(26)24-19-7-6-17(28-4)13-20(19)29-5/h6-7,10-13H,8-9H2,1-5H3,(H,24,26). The van der Waals surface area contributed by atoms with E-state index < -0.39 is 0 Å². The zero-order valence-electron chi connectivity index (χ0n) is 17.5. The first-order chi connectivity index (χ1) is 13.8. The summed E-state index contributed by atoms with van der Waals surface area (Å²) in [6.45, 7) is 6.27. The van der Waals surface area contributed by atoms with Gasteiger partial charge in [0.2, 0.25) is 5.91 Å². The van der Waals surface area contributed by atoms with Gasteiger partial charge in [0, 0.05) is 30.5 Å². The molecule has 0 aliphatic rings. The third-order valence-electron chi connectivity index (χ3n) is 4.99. The van der Waals surface area contributed by atoms with Gasteiger partial charge >= 0.3 is 0 Å². The molecule has 0 saturated carbocycles. The molecule has 3 rings (SSSR count). The lowest BCUT2D eigenvalue weighted by Gasteiger charge is -2.16. The van der Waals surface area contributed by atoms with E-state index in [1.54, 1.807) is 35.9 Å². The zero-order valence-corrected chi connectivity index (χ0v) is 17.5. The number of nitrogens with one attached hydrogen (secondary N) is 1. The maximum absolute atomic E-state index is 12.6. The molecule has 1 amide bonds. The lowest BCUT2D eigenvalue weighted by Crippen LogP contribution is -2.24. The number of fused-ring (bicyclic) bond motifs is 1. The number of nitrogens with zero attached hydrogens (tertiary/aromatic N) is 1. The number of anilines is 1. The van der Waals surface area contributed by atoms with E-state index in [2.05, 4.69) is 17.4 Å². The van der Waals surface area contributed by atoms with Crippen LogP contribution in [0.2, 0.25) is 0 Å². The third kappa shape index (κ3) is 4.26. The highest BCUT2D eigenvalue weighted by Gasteiger charge is 2.13. The summed E-state index contributed by atoms with van der Waals surface area (Å²) < 4.78 is 12.2. The zero-order chi connectivity index (χ0) is 21.1. The van der Waals surface area contributed by atoms with Crippen LogP contribution in [-0.4, -0.2) is 24.7 Å². The van der Waals surface area contributed by atoms with Crippen molar-refractivity contribution >= 4 is 22.5 Å². The van der Waals surface area contributed by atoms with Crippen LogP contribution in [0.1, 0.15) is 23.1 Å². The summed E-state index contributed by atoms with van der Waals surface area (Å²) >= 11 is 0. The van der Waals surface area contributed by atoms with Crippen molar-refractivity contribution in [2.45, 2.75) is 33.7 Å². The minimum absolute atomic E-state index is 0.100. The topological polar surface area (TPSA) is 69.6 Å². The number of carbonyl (C=O) groups excluding carboxylic acids is 1. The van der Waals surface area contributed by atoms with Crippen LogP contribution in [-0.2, 0) is 11.3 Å². The summed E-state index contributed by atoms with van der Waals surface area (Å²) in [6.07, 6.45) is 0.167. The van der Waals surface area contributed by atoms with Crippen LogP contribution < -0.4 is 20.3 Å². The Kier molecular flexibility index (Phi) is 5.92. The number of hydrogen-bond donors (Lipinski definition) is 1. The molecule has 3 aromatic rings. The quantitative estimate of drug-likeness (QED) is 0.687. The molecule has 6 nitrogen and oxygen atoms in total. The molecule has 1 N–H and O–H groups in total. The summed E-state index contributed by atoms with van der Waals surface area (Å²) in [5, 5.41) is 3.89. The number of benzene rings is 2. The number of methoxy groups -OCH3 is 2. The van der Waals surface area contributed by atoms with Crippen molar-refractivity contribution in [1.29, 1.82) is 0 Å². The molecule has 0 aliphatic heterocycles. The molecule has 1 heterocycles. The van der Waals surface area contributed by atoms with E-state index in [1.807, 2.05) is 20.8 Å². The normalized spacial score (nSPS) is 10.8. The molecule has 29 heavy (non-hydrogen) atoms. The molecule has 6 heteroatoms. The van der Waals surface area contributed by atoms with Crippen molar-refractivity contribution in [1.82, 2.24) is 4.57 Å². The van der Waals surface area contributed by atoms with Gasteiger partial charge in [-0.15, -0.1) is 0 Å². The van der Waals surface area contributed by atoms with Crippen LogP contribution in [0, 0.1) is 20.8 Å². The first-order valence-electron chi connectivity index (χ1n) is 9.47. The van der Waals surface area contributed by atoms with Gasteiger partial charge in [-0.3, -0.25) is 9.59 Å². The Bertz CT molecular complexity index is 1130. The van der Waals surface area contributed by atoms with Crippen LogP contribution in [0.3, 0.4) is 0 Å². The van der Waals surface area contributed by atoms with Crippen LogP contribution in [0.4, 0.5) is 5.69 Å². The fourth-order valence-electron chi connectivity index (χ4n) is 3.62. The minimum atomic E-state index is -0.196. The Morgan fingerprint density at radius 1 is 1.00 bits per heavy atom. The highest BCUT2D eigenvalue weighted by atomic mass is 16.5. The number of amides is 1. The van der Waals surface area contributed by atoms with Crippen molar-refractivity contribution in [2.24, 2.45) is 0 Å². The fraction of sp³-hybridized carbons (Fsp3) is 0.304. The number of rotatable bonds is 6. The average Bonchev–Trinajstić information content (AvgIpc) is 2.68. The molecule has 0 spiro atoms. The van der Waals surface area contributed by atoms with Crippen molar-refractivity contribution in [3.05, 3.63) is 63.4 Å². The average molecular weight is 394 g/mol. The molecule has 0 radical (unpaired) electrons. The summed E-state index contributed by atoms with van der Waals surface area (Å²) in [6, 6.07) is 11.0. The second-order valence-electron chi connectivity index (χ2n) is 7.16. The van der Waals surface area contributed by atoms with Gasteiger partial charge in [0.1, 0.15) is 11.5 Å². The van der Waals surface area contributed by atoms with E-state index in [1.165, 1.54) is 7.11 Å². The Balaban J connectivity index is 1.84. The Morgan fingerprint density at radius 3 is 2.45 bits per heavy atom. The lowest BCUT2D eigenvalue weighted by atomic mass is 10.0. The molecule has 152 valence electrons. The number of pyridine rings is 1. The van der Waals surface area contributed by atoms with Crippen molar-refractivity contribution in [3.63, 3.8) is 0 Å². The molecule has 0 atom stereocenters. The number of aryl methyl sites for hydroxylation is 4. The van der Waals surface area contributed by atoms with Gasteiger partial charge in [0.05, 0.1) is 25.4 Å². The summed E-state index contributed by atoms with van der Waals surface area (Å²) in [7, 11) is 3.10. The van der Waals surface area contributed by atoms with Gasteiger partial charge in [-0.1, -0.05) is 11.6 Å². The molecule has 2 aromatic carbocycles. The van der Waals surface area contributed by atoms with Gasteiger partial charge in [-0.2, -0.15) is 0 Å². The SMILES string of the molecule is COc1ccc(NC(=O)CCn2c(=O)cc(C)c3cc(C)cc(C)c32)c(OC)c1. The predicted octanol–water partition coefficient (Wildman–Crippen LogP) is 3.97. The van der Waals surface area contributed by atoms with Crippen molar-refractivity contribution in [2.75, 3.05) is 19.5 Å². The largest absolute Gasteiger partial charge is 0.497 e. The number of ether oxygens (including phenoxy) is 2. The predicted molar refractivity (Wildman–Crippen MR) is 115 cm³/mol. The Morgan fingerprint density at radius 2 is 1.76 bits per heavy atom. The first-order valence-corrected chi connectivity index (χ1v) is 9.47. The Labute approximate surface area is 170 Å². The van der Waals surface area contributed by atoms with Crippen LogP contribution in [0.5, 0.6) is 11.5 Å². The molecule has 0 bridgehead atoms. The fourth-order valence-corrected chi connectivity index (χ4v) is 3.62. The van der Waals surface area contributed by atoms with Gasteiger partial charge in [-0.05, 0) is 50.1 Å². The number of hydrogen-bond acceptors (Lipinski definition) is 4. The smallest absolute Gasteiger partial charge is 0.251 e. The highest BCUT2D eigenvalue weighted by Crippen LogP contribution is 2.29. The van der Waals surface area contributed by atoms with Gasteiger partial charge in [0.15, 0.2) is 0 Å². The van der Waals surface area contributed by atoms with E-state index in [0.29, 0.717) is 23.7 Å². The van der Waals surface area contributed by atoms with E-state index in [9.17, 15) is 9.59 Å². The number of aromatic nitrogens is 1. The van der Waals surface area contributed by atoms with Gasteiger partial charge in [0.25, 0.3) is 5.56 Å². The van der Waals surface area contributed by atoms with E-state index in [-0.39, 0.29) is 17.9 Å². The van der Waals surface area contributed by atoms with E-state index >= 15 is 0 Å².